The second-order valence-electron chi connectivity index (χ2n) is 6.83. The number of rotatable bonds is 7. The molecular formula is C19H27N3O4. The van der Waals surface area contributed by atoms with Crippen LogP contribution in [0.25, 0.3) is 0 Å². The minimum atomic E-state index is -0.472. The maximum absolute atomic E-state index is 12.4. The van der Waals surface area contributed by atoms with Gasteiger partial charge < -0.3 is 20.1 Å². The fourth-order valence-electron chi connectivity index (χ4n) is 3.49. The molecule has 1 aliphatic carbocycles. The first kappa shape index (κ1) is 18.5. The molecule has 1 atom stereocenters. The Morgan fingerprint density at radius 3 is 2.77 bits per heavy atom. The van der Waals surface area contributed by atoms with E-state index in [-0.39, 0.29) is 24.3 Å². The summed E-state index contributed by atoms with van der Waals surface area (Å²) in [7, 11) is 3.21. The van der Waals surface area contributed by atoms with E-state index in [0.29, 0.717) is 31.1 Å². The van der Waals surface area contributed by atoms with Crippen molar-refractivity contribution in [3.05, 3.63) is 23.8 Å². The number of carbonyl (C=O) groups is 2. The molecule has 0 radical (unpaired) electrons. The van der Waals surface area contributed by atoms with Gasteiger partial charge in [-0.15, -0.1) is 0 Å². The quantitative estimate of drug-likeness (QED) is 0.759. The summed E-state index contributed by atoms with van der Waals surface area (Å²) in [5, 5.41) is 5.89. The maximum Gasteiger partial charge on any atom is 0.237 e. The van der Waals surface area contributed by atoms with E-state index in [4.69, 9.17) is 9.47 Å². The summed E-state index contributed by atoms with van der Waals surface area (Å²) in [5.74, 6) is 1.17. The average Bonchev–Trinajstić information content (AvgIpc) is 2.61. The number of ether oxygens (including phenoxy) is 2. The molecule has 1 aromatic carbocycles. The van der Waals surface area contributed by atoms with Crippen LogP contribution in [0.15, 0.2) is 18.2 Å². The number of nitrogens with one attached hydrogen (secondary N) is 2. The molecule has 1 aliphatic heterocycles. The number of carbonyl (C=O) groups excluding carboxylic acids is 2. The zero-order valence-corrected chi connectivity index (χ0v) is 15.4. The SMILES string of the molecule is COc1cccc(CN2CCNC(=O)[C@H]2CC(=O)NC2CCC2)c1OC. The van der Waals surface area contributed by atoms with E-state index in [1.807, 2.05) is 23.1 Å². The molecule has 0 bridgehead atoms. The van der Waals surface area contributed by atoms with Gasteiger partial charge in [0, 0.05) is 31.2 Å². The second-order valence-corrected chi connectivity index (χ2v) is 6.83. The summed E-state index contributed by atoms with van der Waals surface area (Å²) in [5.41, 5.74) is 0.936. The molecule has 7 heteroatoms. The Bertz CT molecular complexity index is 660. The van der Waals surface area contributed by atoms with E-state index in [9.17, 15) is 9.59 Å². The highest BCUT2D eigenvalue weighted by Crippen LogP contribution is 2.32. The van der Waals surface area contributed by atoms with Gasteiger partial charge in [-0.3, -0.25) is 14.5 Å². The lowest BCUT2D eigenvalue weighted by atomic mass is 9.93. The topological polar surface area (TPSA) is 79.9 Å². The van der Waals surface area contributed by atoms with Gasteiger partial charge in [0.2, 0.25) is 11.8 Å². The molecule has 0 unspecified atom stereocenters. The van der Waals surface area contributed by atoms with E-state index >= 15 is 0 Å². The number of piperazine rings is 1. The van der Waals surface area contributed by atoms with Gasteiger partial charge in [-0.2, -0.15) is 0 Å². The molecule has 1 aromatic rings. The van der Waals surface area contributed by atoms with E-state index < -0.39 is 6.04 Å². The van der Waals surface area contributed by atoms with Crippen molar-refractivity contribution in [2.45, 2.75) is 44.3 Å². The third kappa shape index (κ3) is 4.09. The summed E-state index contributed by atoms with van der Waals surface area (Å²) < 4.78 is 10.8. The van der Waals surface area contributed by atoms with Gasteiger partial charge in [-0.05, 0) is 25.3 Å². The van der Waals surface area contributed by atoms with Crippen LogP contribution in [0.5, 0.6) is 11.5 Å². The second kappa shape index (κ2) is 8.40. The van der Waals surface area contributed by atoms with Crippen molar-refractivity contribution in [3.8, 4) is 11.5 Å². The van der Waals surface area contributed by atoms with Gasteiger partial charge in [-0.25, -0.2) is 0 Å². The molecule has 1 saturated carbocycles. The number of para-hydroxylation sites is 1. The first-order valence-electron chi connectivity index (χ1n) is 9.13. The Kier molecular flexibility index (Phi) is 5.98. The van der Waals surface area contributed by atoms with E-state index in [2.05, 4.69) is 10.6 Å². The Balaban J connectivity index is 1.71. The van der Waals surface area contributed by atoms with Gasteiger partial charge in [-0.1, -0.05) is 12.1 Å². The fourth-order valence-corrected chi connectivity index (χ4v) is 3.49. The first-order valence-corrected chi connectivity index (χ1v) is 9.13. The summed E-state index contributed by atoms with van der Waals surface area (Å²) in [6, 6.07) is 5.51. The van der Waals surface area contributed by atoms with E-state index in [1.165, 1.54) is 0 Å². The van der Waals surface area contributed by atoms with Crippen LogP contribution in [0.3, 0.4) is 0 Å². The van der Waals surface area contributed by atoms with Crippen molar-refractivity contribution in [2.24, 2.45) is 0 Å². The molecule has 1 heterocycles. The van der Waals surface area contributed by atoms with Gasteiger partial charge in [0.1, 0.15) is 0 Å². The lowest BCUT2D eigenvalue weighted by Gasteiger charge is -2.35. The lowest BCUT2D eigenvalue weighted by Crippen LogP contribution is -2.56. The van der Waals surface area contributed by atoms with Gasteiger partial charge in [0.05, 0.1) is 26.7 Å². The largest absolute Gasteiger partial charge is 0.493 e. The Labute approximate surface area is 154 Å². The van der Waals surface area contributed by atoms with E-state index in [0.717, 1.165) is 24.8 Å². The van der Waals surface area contributed by atoms with E-state index in [1.54, 1.807) is 14.2 Å². The van der Waals surface area contributed by atoms with Crippen LogP contribution >= 0.6 is 0 Å². The monoisotopic (exact) mass is 361 g/mol. The summed E-state index contributed by atoms with van der Waals surface area (Å²) in [6.07, 6.45) is 3.41. The third-order valence-electron chi connectivity index (χ3n) is 5.15. The highest BCUT2D eigenvalue weighted by Gasteiger charge is 2.33. The predicted molar refractivity (Wildman–Crippen MR) is 97.2 cm³/mol. The van der Waals surface area contributed by atoms with Crippen LogP contribution in [-0.2, 0) is 16.1 Å². The Hall–Kier alpha value is -2.28. The Morgan fingerprint density at radius 2 is 2.12 bits per heavy atom. The number of benzene rings is 1. The standard InChI is InChI=1S/C19H27N3O4/c1-25-16-8-3-5-13(18(16)26-2)12-22-10-9-20-19(24)15(22)11-17(23)21-14-6-4-7-14/h3,5,8,14-15H,4,6-7,9-12H2,1-2H3,(H,20,24)(H,21,23)/t15-/m1/s1. The number of amides is 2. The van der Waals surface area contributed by atoms with Gasteiger partial charge in [0.15, 0.2) is 11.5 Å². The molecule has 7 nitrogen and oxygen atoms in total. The normalized spacial score (nSPS) is 20.8. The van der Waals surface area contributed by atoms with Crippen molar-refractivity contribution < 1.29 is 19.1 Å². The molecule has 1 saturated heterocycles. The molecule has 0 spiro atoms. The molecular weight excluding hydrogens is 334 g/mol. The smallest absolute Gasteiger partial charge is 0.237 e. The van der Waals surface area contributed by atoms with Crippen LogP contribution in [0.2, 0.25) is 0 Å². The highest BCUT2D eigenvalue weighted by atomic mass is 16.5. The number of hydrogen-bond acceptors (Lipinski definition) is 5. The van der Waals surface area contributed by atoms with Crippen LogP contribution in [-0.4, -0.2) is 56.1 Å². The minimum Gasteiger partial charge on any atom is -0.493 e. The maximum atomic E-state index is 12.4. The molecule has 2 aliphatic rings. The summed E-state index contributed by atoms with van der Waals surface area (Å²) in [6.45, 7) is 1.79. The lowest BCUT2D eigenvalue weighted by molar-refractivity contribution is -0.134. The first-order chi connectivity index (χ1) is 12.6. The van der Waals surface area contributed by atoms with Crippen molar-refractivity contribution in [3.63, 3.8) is 0 Å². The van der Waals surface area contributed by atoms with Crippen molar-refractivity contribution in [1.82, 2.24) is 15.5 Å². The molecule has 2 N–H and O–H groups in total. The van der Waals surface area contributed by atoms with Gasteiger partial charge >= 0.3 is 0 Å². The average molecular weight is 361 g/mol. The molecule has 142 valence electrons. The number of nitrogens with zero attached hydrogens (tertiary/aromatic N) is 1. The van der Waals surface area contributed by atoms with Crippen LogP contribution in [0.4, 0.5) is 0 Å². The molecule has 2 amide bonds. The highest BCUT2D eigenvalue weighted by molar-refractivity contribution is 5.89. The predicted octanol–water partition coefficient (Wildman–Crippen LogP) is 1.06. The minimum absolute atomic E-state index is 0.0562. The molecule has 0 aromatic heterocycles. The zero-order valence-electron chi connectivity index (χ0n) is 15.4. The number of hydrogen-bond donors (Lipinski definition) is 2. The third-order valence-corrected chi connectivity index (χ3v) is 5.15. The molecule has 26 heavy (non-hydrogen) atoms. The van der Waals surface area contributed by atoms with Crippen molar-refractivity contribution in [1.29, 1.82) is 0 Å². The summed E-state index contributed by atoms with van der Waals surface area (Å²) in [4.78, 5) is 26.7. The number of methoxy groups -OCH3 is 2. The van der Waals surface area contributed by atoms with Crippen LogP contribution in [0, 0.1) is 0 Å². The fraction of sp³-hybridized carbons (Fsp3) is 0.579. The summed E-state index contributed by atoms with van der Waals surface area (Å²) >= 11 is 0. The van der Waals surface area contributed by atoms with Crippen molar-refractivity contribution in [2.75, 3.05) is 27.3 Å². The van der Waals surface area contributed by atoms with Gasteiger partial charge in [0.25, 0.3) is 0 Å². The molecule has 2 fully saturated rings. The van der Waals surface area contributed by atoms with Crippen molar-refractivity contribution >= 4 is 11.8 Å². The van der Waals surface area contributed by atoms with Crippen LogP contribution < -0.4 is 20.1 Å². The molecule has 3 rings (SSSR count). The Morgan fingerprint density at radius 1 is 1.31 bits per heavy atom. The zero-order chi connectivity index (χ0) is 18.5. The van der Waals surface area contributed by atoms with Crippen LogP contribution in [0.1, 0.15) is 31.2 Å².